The Balaban J connectivity index is 0.00000289. The Morgan fingerprint density at radius 3 is 2.17 bits per heavy atom. The van der Waals surface area contributed by atoms with E-state index >= 15 is 0 Å². The van der Waals surface area contributed by atoms with Gasteiger partial charge in [0, 0.05) is 49.9 Å². The van der Waals surface area contributed by atoms with E-state index in [1.807, 2.05) is 50.7 Å². The van der Waals surface area contributed by atoms with Crippen LogP contribution in [0.1, 0.15) is 64.9 Å². The molecule has 0 radical (unpaired) electrons. The summed E-state index contributed by atoms with van der Waals surface area (Å²) >= 11 is 0. The largest absolute Gasteiger partial charge is 0.444 e. The van der Waals surface area contributed by atoms with E-state index in [-0.39, 0.29) is 29.9 Å². The van der Waals surface area contributed by atoms with Gasteiger partial charge in [0.25, 0.3) is 0 Å². The third-order valence-electron chi connectivity index (χ3n) is 8.42. The lowest BCUT2D eigenvalue weighted by Crippen LogP contribution is -2.56. The van der Waals surface area contributed by atoms with Crippen molar-refractivity contribution in [2.75, 3.05) is 38.6 Å². The van der Waals surface area contributed by atoms with Crippen LogP contribution in [-0.2, 0) is 10.2 Å². The van der Waals surface area contributed by atoms with Crippen LogP contribution >= 0.6 is 12.4 Å². The highest BCUT2D eigenvalue weighted by Gasteiger charge is 2.50. The van der Waals surface area contributed by atoms with E-state index in [9.17, 15) is 9.59 Å². The van der Waals surface area contributed by atoms with Crippen LogP contribution in [0.4, 0.5) is 15.3 Å². The van der Waals surface area contributed by atoms with Crippen molar-refractivity contribution in [1.82, 2.24) is 14.7 Å². The Bertz CT molecular complexity index is 940. The van der Waals surface area contributed by atoms with Crippen molar-refractivity contribution in [1.29, 1.82) is 0 Å². The maximum Gasteiger partial charge on any atom is 0.410 e. The number of carbonyl (C=O) groups is 2. The summed E-state index contributed by atoms with van der Waals surface area (Å²) < 4.78 is 5.72. The highest BCUT2D eigenvalue weighted by atomic mass is 35.5. The predicted octanol–water partition coefficient (Wildman–Crippen LogP) is 4.87. The van der Waals surface area contributed by atoms with Gasteiger partial charge in [0.1, 0.15) is 5.60 Å². The van der Waals surface area contributed by atoms with Gasteiger partial charge in [-0.05, 0) is 84.0 Å². The molecule has 2 bridgehead atoms. The predicted molar refractivity (Wildman–Crippen MR) is 141 cm³/mol. The van der Waals surface area contributed by atoms with E-state index in [0.29, 0.717) is 18.1 Å². The summed E-state index contributed by atoms with van der Waals surface area (Å²) in [6.07, 6.45) is 6.28. The second kappa shape index (κ2) is 9.47. The van der Waals surface area contributed by atoms with Crippen molar-refractivity contribution in [2.45, 2.75) is 88.4 Å². The number of hydrogen-bond donors (Lipinski definition) is 0. The molecule has 0 aliphatic carbocycles. The summed E-state index contributed by atoms with van der Waals surface area (Å²) in [6, 6.07) is 9.68. The van der Waals surface area contributed by atoms with Crippen LogP contribution in [-0.4, -0.2) is 84.3 Å². The van der Waals surface area contributed by atoms with Gasteiger partial charge in [0.05, 0.1) is 0 Å². The Morgan fingerprint density at radius 2 is 1.60 bits per heavy atom. The molecule has 3 amide bonds. The fourth-order valence-electron chi connectivity index (χ4n) is 6.85. The van der Waals surface area contributed by atoms with Gasteiger partial charge in [0.15, 0.2) is 0 Å². The normalized spacial score (nSPS) is 27.4. The van der Waals surface area contributed by atoms with Crippen molar-refractivity contribution in [2.24, 2.45) is 0 Å². The molecule has 1 aromatic rings. The number of anilines is 1. The molecule has 0 aromatic heterocycles. The molecule has 194 valence electrons. The standard InChI is InChI=1S/C27H40N4O3.ClH/c1-26(2,3)34-25(33)31-19-10-11-20(31)17-21(16-19)29-14-12-27(13-15-29)18-30(24(32)28(4)5)23-9-7-6-8-22(23)27;/h6-9,19-21H,10-18H2,1-5H3;1H. The number of piperidine rings is 2. The van der Waals surface area contributed by atoms with Crippen LogP contribution in [0.15, 0.2) is 24.3 Å². The quantitative estimate of drug-likeness (QED) is 0.547. The van der Waals surface area contributed by atoms with Crippen molar-refractivity contribution in [3.8, 4) is 0 Å². The van der Waals surface area contributed by atoms with Gasteiger partial charge >= 0.3 is 12.1 Å². The molecule has 0 saturated carbocycles. The van der Waals surface area contributed by atoms with Crippen molar-refractivity contribution >= 4 is 30.2 Å². The highest BCUT2D eigenvalue weighted by Crippen LogP contribution is 2.48. The van der Waals surface area contributed by atoms with Crippen molar-refractivity contribution in [3.05, 3.63) is 29.8 Å². The molecule has 2 atom stereocenters. The molecule has 1 aromatic carbocycles. The number of rotatable bonds is 1. The number of fused-ring (bicyclic) bond motifs is 4. The lowest BCUT2D eigenvalue weighted by atomic mass is 9.73. The molecule has 1 spiro atoms. The molecule has 0 N–H and O–H groups in total. The molecular weight excluding hydrogens is 464 g/mol. The number of ether oxygens (including phenoxy) is 1. The minimum Gasteiger partial charge on any atom is -0.444 e. The molecule has 7 nitrogen and oxygen atoms in total. The topological polar surface area (TPSA) is 56.3 Å². The number of para-hydroxylation sites is 1. The molecule has 4 aliphatic rings. The van der Waals surface area contributed by atoms with Crippen molar-refractivity contribution in [3.63, 3.8) is 0 Å². The van der Waals surface area contributed by atoms with Crippen LogP contribution in [0.5, 0.6) is 0 Å². The molecule has 3 fully saturated rings. The first-order valence-electron chi connectivity index (χ1n) is 12.9. The van der Waals surface area contributed by atoms with Gasteiger partial charge < -0.3 is 19.4 Å². The van der Waals surface area contributed by atoms with E-state index < -0.39 is 5.60 Å². The van der Waals surface area contributed by atoms with E-state index in [4.69, 9.17) is 4.74 Å². The number of likely N-dealkylation sites (tertiary alicyclic amines) is 1. The molecule has 5 rings (SSSR count). The van der Waals surface area contributed by atoms with Gasteiger partial charge in [-0.2, -0.15) is 0 Å². The third-order valence-corrected chi connectivity index (χ3v) is 8.42. The fourth-order valence-corrected chi connectivity index (χ4v) is 6.85. The second-order valence-corrected chi connectivity index (χ2v) is 12.0. The summed E-state index contributed by atoms with van der Waals surface area (Å²) in [4.78, 5) is 34.1. The number of hydrogen-bond acceptors (Lipinski definition) is 4. The van der Waals surface area contributed by atoms with Crippen LogP contribution in [0.3, 0.4) is 0 Å². The first-order chi connectivity index (χ1) is 16.1. The Labute approximate surface area is 216 Å². The number of urea groups is 1. The monoisotopic (exact) mass is 504 g/mol. The molecule has 2 unspecified atom stereocenters. The van der Waals surface area contributed by atoms with Crippen LogP contribution in [0.25, 0.3) is 0 Å². The summed E-state index contributed by atoms with van der Waals surface area (Å²) in [6.45, 7) is 8.70. The lowest BCUT2D eigenvalue weighted by molar-refractivity contribution is -0.00822. The van der Waals surface area contributed by atoms with Gasteiger partial charge in [-0.15, -0.1) is 12.4 Å². The summed E-state index contributed by atoms with van der Waals surface area (Å²) in [7, 11) is 3.66. The zero-order valence-corrected chi connectivity index (χ0v) is 22.6. The van der Waals surface area contributed by atoms with E-state index in [2.05, 4.69) is 23.1 Å². The summed E-state index contributed by atoms with van der Waals surface area (Å²) in [5.41, 5.74) is 2.02. The zero-order valence-electron chi connectivity index (χ0n) is 21.8. The highest BCUT2D eigenvalue weighted by molar-refractivity contribution is 5.95. The number of carbonyl (C=O) groups excluding carboxylic acids is 2. The first kappa shape index (κ1) is 26.1. The minimum atomic E-state index is -0.450. The first-order valence-corrected chi connectivity index (χ1v) is 12.9. The Kier molecular flexibility index (Phi) is 7.06. The fraction of sp³-hybridized carbons (Fsp3) is 0.704. The second-order valence-electron chi connectivity index (χ2n) is 12.0. The lowest BCUT2D eigenvalue weighted by Gasteiger charge is -2.47. The molecule has 3 saturated heterocycles. The Hall–Kier alpha value is -1.99. The molecule has 4 aliphatic heterocycles. The molecule has 35 heavy (non-hydrogen) atoms. The van der Waals surface area contributed by atoms with E-state index in [1.165, 1.54) is 5.56 Å². The van der Waals surface area contributed by atoms with Gasteiger partial charge in [-0.3, -0.25) is 4.90 Å². The summed E-state index contributed by atoms with van der Waals surface area (Å²) in [5, 5.41) is 0. The molecule has 4 heterocycles. The maximum atomic E-state index is 12.9. The number of halogens is 1. The van der Waals surface area contributed by atoms with E-state index in [1.54, 1.807) is 4.90 Å². The van der Waals surface area contributed by atoms with Gasteiger partial charge in [0.2, 0.25) is 0 Å². The van der Waals surface area contributed by atoms with Crippen LogP contribution < -0.4 is 4.90 Å². The summed E-state index contributed by atoms with van der Waals surface area (Å²) in [5.74, 6) is 0. The minimum absolute atomic E-state index is 0. The maximum absolute atomic E-state index is 12.9. The number of benzene rings is 1. The van der Waals surface area contributed by atoms with Gasteiger partial charge in [-0.25, -0.2) is 9.59 Å². The van der Waals surface area contributed by atoms with Crippen LogP contribution in [0, 0.1) is 0 Å². The SMILES string of the molecule is CN(C)C(=O)N1CC2(CCN(C3CC4CCC(C3)N4C(=O)OC(C)(C)C)CC2)c2ccccc21.Cl. The number of nitrogens with zero attached hydrogens (tertiary/aromatic N) is 4. The molecule has 8 heteroatoms. The average molecular weight is 505 g/mol. The van der Waals surface area contributed by atoms with Gasteiger partial charge in [-0.1, -0.05) is 18.2 Å². The third kappa shape index (κ3) is 4.74. The van der Waals surface area contributed by atoms with Crippen LogP contribution in [0.2, 0.25) is 0 Å². The van der Waals surface area contributed by atoms with E-state index in [0.717, 1.165) is 63.8 Å². The van der Waals surface area contributed by atoms with Crippen molar-refractivity contribution < 1.29 is 14.3 Å². The average Bonchev–Trinajstić information content (AvgIpc) is 3.24. The zero-order chi connectivity index (χ0) is 24.3. The Morgan fingerprint density at radius 1 is 1.00 bits per heavy atom. The smallest absolute Gasteiger partial charge is 0.410 e. The number of amides is 3. The molecular formula is C27H41ClN4O3.